The molecule has 0 aliphatic carbocycles. The summed E-state index contributed by atoms with van der Waals surface area (Å²) in [5.41, 5.74) is 2.66. The van der Waals surface area contributed by atoms with E-state index in [1.807, 2.05) is 24.3 Å². The molecule has 0 amide bonds. The van der Waals surface area contributed by atoms with Gasteiger partial charge in [0.15, 0.2) is 0 Å². The lowest BCUT2D eigenvalue weighted by Crippen LogP contribution is -2.26. The standard InChI is InChI=1S/C27H25F5O2/c1-2-3-17-4-8-19(9-5-17)20-10-6-18(7-11-20)14-15-27(31,32)34-22-13-12-21(23-16-33-23)25(28)24(22)26(29)30/h4-13,23,26H,2-3,14-16H2,1H3. The molecule has 7 heteroatoms. The minimum Gasteiger partial charge on any atom is -0.432 e. The van der Waals surface area contributed by atoms with Crippen LogP contribution in [0.3, 0.4) is 0 Å². The van der Waals surface area contributed by atoms with Gasteiger partial charge < -0.3 is 9.47 Å². The van der Waals surface area contributed by atoms with Crippen molar-refractivity contribution in [2.45, 2.75) is 51.2 Å². The topological polar surface area (TPSA) is 21.8 Å². The maximum atomic E-state index is 14.5. The van der Waals surface area contributed by atoms with E-state index in [0.717, 1.165) is 36.1 Å². The van der Waals surface area contributed by atoms with Crippen LogP contribution in [-0.2, 0) is 17.6 Å². The molecule has 180 valence electrons. The minimum atomic E-state index is -3.75. The Morgan fingerprint density at radius 1 is 0.912 bits per heavy atom. The van der Waals surface area contributed by atoms with E-state index in [2.05, 4.69) is 23.8 Å². The van der Waals surface area contributed by atoms with Gasteiger partial charge in [-0.3, -0.25) is 0 Å². The van der Waals surface area contributed by atoms with Crippen molar-refractivity contribution in [3.05, 3.63) is 88.7 Å². The molecule has 0 spiro atoms. The maximum absolute atomic E-state index is 14.5. The molecular formula is C27H25F5O2. The zero-order chi connectivity index (χ0) is 24.3. The lowest BCUT2D eigenvalue weighted by molar-refractivity contribution is -0.181. The first kappa shape index (κ1) is 24.2. The van der Waals surface area contributed by atoms with Crippen LogP contribution < -0.4 is 4.74 Å². The molecule has 0 saturated carbocycles. The molecule has 34 heavy (non-hydrogen) atoms. The Kier molecular flexibility index (Phi) is 7.22. The largest absolute Gasteiger partial charge is 0.432 e. The van der Waals surface area contributed by atoms with Gasteiger partial charge in [-0.1, -0.05) is 61.9 Å². The summed E-state index contributed by atoms with van der Waals surface area (Å²) in [4.78, 5) is 0. The van der Waals surface area contributed by atoms with Crippen LogP contribution in [0.2, 0.25) is 0 Å². The fraction of sp³-hybridized carbons (Fsp3) is 0.333. The van der Waals surface area contributed by atoms with Crippen molar-refractivity contribution in [1.29, 1.82) is 0 Å². The molecule has 4 rings (SSSR count). The van der Waals surface area contributed by atoms with Gasteiger partial charge in [0.1, 0.15) is 17.7 Å². The van der Waals surface area contributed by atoms with Crippen LogP contribution in [0.1, 0.15) is 54.5 Å². The van der Waals surface area contributed by atoms with E-state index in [0.29, 0.717) is 5.56 Å². The summed E-state index contributed by atoms with van der Waals surface area (Å²) >= 11 is 0. The number of hydrogen-bond donors (Lipinski definition) is 0. The first-order valence-electron chi connectivity index (χ1n) is 11.2. The third-order valence-electron chi connectivity index (χ3n) is 5.81. The van der Waals surface area contributed by atoms with Crippen molar-refractivity contribution < 1.29 is 31.4 Å². The van der Waals surface area contributed by atoms with E-state index in [1.165, 1.54) is 5.56 Å². The Balaban J connectivity index is 1.41. The third kappa shape index (κ3) is 5.76. The fourth-order valence-electron chi connectivity index (χ4n) is 3.88. The van der Waals surface area contributed by atoms with E-state index in [4.69, 9.17) is 4.74 Å². The van der Waals surface area contributed by atoms with Crippen LogP contribution in [0.15, 0.2) is 60.7 Å². The van der Waals surface area contributed by atoms with E-state index in [1.54, 1.807) is 12.1 Å². The summed E-state index contributed by atoms with van der Waals surface area (Å²) in [5.74, 6) is -2.12. The number of halogens is 5. The van der Waals surface area contributed by atoms with Gasteiger partial charge in [0.05, 0.1) is 18.6 Å². The molecule has 1 aliphatic rings. The quantitative estimate of drug-likeness (QED) is 0.218. The van der Waals surface area contributed by atoms with Gasteiger partial charge in [-0.25, -0.2) is 13.2 Å². The van der Waals surface area contributed by atoms with Gasteiger partial charge in [-0.15, -0.1) is 0 Å². The molecule has 1 atom stereocenters. The highest BCUT2D eigenvalue weighted by molar-refractivity contribution is 5.64. The van der Waals surface area contributed by atoms with Gasteiger partial charge in [-0.05, 0) is 47.2 Å². The fourth-order valence-corrected chi connectivity index (χ4v) is 3.88. The van der Waals surface area contributed by atoms with E-state index in [-0.39, 0.29) is 18.6 Å². The Morgan fingerprint density at radius 2 is 1.47 bits per heavy atom. The van der Waals surface area contributed by atoms with Gasteiger partial charge in [0, 0.05) is 5.56 Å². The molecule has 1 heterocycles. The van der Waals surface area contributed by atoms with Gasteiger partial charge >= 0.3 is 6.11 Å². The zero-order valence-electron chi connectivity index (χ0n) is 18.7. The van der Waals surface area contributed by atoms with E-state index >= 15 is 0 Å². The summed E-state index contributed by atoms with van der Waals surface area (Å²) in [5, 5.41) is 0. The predicted molar refractivity (Wildman–Crippen MR) is 120 cm³/mol. The maximum Gasteiger partial charge on any atom is 0.398 e. The minimum absolute atomic E-state index is 0.0385. The molecule has 2 nitrogen and oxygen atoms in total. The summed E-state index contributed by atoms with van der Waals surface area (Å²) in [6.07, 6.45) is -6.36. The SMILES string of the molecule is CCCc1ccc(-c2ccc(CCC(F)(F)Oc3ccc(C4CO4)c(F)c3C(F)F)cc2)cc1. The molecule has 0 aromatic heterocycles. The zero-order valence-corrected chi connectivity index (χ0v) is 18.7. The Hall–Kier alpha value is -2.93. The first-order valence-corrected chi connectivity index (χ1v) is 11.2. The van der Waals surface area contributed by atoms with Crippen molar-refractivity contribution in [3.63, 3.8) is 0 Å². The highest BCUT2D eigenvalue weighted by Gasteiger charge is 2.36. The Bertz CT molecular complexity index is 1110. The van der Waals surface area contributed by atoms with E-state index in [9.17, 15) is 22.0 Å². The highest BCUT2D eigenvalue weighted by Crippen LogP contribution is 2.41. The molecule has 3 aromatic carbocycles. The summed E-state index contributed by atoms with van der Waals surface area (Å²) < 4.78 is 79.7. The number of benzene rings is 3. The summed E-state index contributed by atoms with van der Waals surface area (Å²) in [7, 11) is 0. The third-order valence-corrected chi connectivity index (χ3v) is 5.81. The van der Waals surface area contributed by atoms with Crippen LogP contribution in [-0.4, -0.2) is 12.7 Å². The summed E-state index contributed by atoms with van der Waals surface area (Å²) in [6, 6.07) is 17.5. The number of hydrogen-bond acceptors (Lipinski definition) is 2. The number of aryl methyl sites for hydroxylation is 2. The number of epoxide rings is 1. The molecule has 1 fully saturated rings. The van der Waals surface area contributed by atoms with Crippen molar-refractivity contribution >= 4 is 0 Å². The van der Waals surface area contributed by atoms with Crippen LogP contribution in [0.4, 0.5) is 22.0 Å². The first-order chi connectivity index (χ1) is 16.3. The molecular weight excluding hydrogens is 451 g/mol. The number of rotatable bonds is 10. The van der Waals surface area contributed by atoms with Gasteiger partial charge in [0.25, 0.3) is 6.43 Å². The Labute approximate surface area is 195 Å². The summed E-state index contributed by atoms with van der Waals surface area (Å²) in [6.45, 7) is 2.33. The second kappa shape index (κ2) is 10.1. The molecule has 0 radical (unpaired) electrons. The van der Waals surface area contributed by atoms with Crippen LogP contribution in [0.5, 0.6) is 5.75 Å². The van der Waals surface area contributed by atoms with Gasteiger partial charge in [0.2, 0.25) is 0 Å². The van der Waals surface area contributed by atoms with Crippen molar-refractivity contribution in [2.24, 2.45) is 0 Å². The van der Waals surface area contributed by atoms with Gasteiger partial charge in [-0.2, -0.15) is 8.78 Å². The normalized spacial score (nSPS) is 15.6. The molecule has 0 bridgehead atoms. The monoisotopic (exact) mass is 476 g/mol. The van der Waals surface area contributed by atoms with E-state index < -0.39 is 42.2 Å². The van der Waals surface area contributed by atoms with Crippen molar-refractivity contribution in [2.75, 3.05) is 6.61 Å². The number of ether oxygens (including phenoxy) is 2. The number of alkyl halides is 4. The second-order valence-corrected chi connectivity index (χ2v) is 8.39. The second-order valence-electron chi connectivity index (χ2n) is 8.39. The highest BCUT2D eigenvalue weighted by atomic mass is 19.3. The Morgan fingerprint density at radius 3 is 1.97 bits per heavy atom. The van der Waals surface area contributed by atoms with Crippen LogP contribution in [0.25, 0.3) is 11.1 Å². The van der Waals surface area contributed by atoms with Crippen molar-refractivity contribution in [1.82, 2.24) is 0 Å². The van der Waals surface area contributed by atoms with Crippen LogP contribution in [0, 0.1) is 5.82 Å². The average molecular weight is 476 g/mol. The molecule has 1 saturated heterocycles. The molecule has 0 N–H and O–H groups in total. The molecule has 1 unspecified atom stereocenters. The van der Waals surface area contributed by atoms with Crippen molar-refractivity contribution in [3.8, 4) is 16.9 Å². The lowest BCUT2D eigenvalue weighted by Gasteiger charge is -2.21. The average Bonchev–Trinajstić information content (AvgIpc) is 3.64. The smallest absolute Gasteiger partial charge is 0.398 e. The molecule has 1 aliphatic heterocycles. The molecule has 3 aromatic rings. The predicted octanol–water partition coefficient (Wildman–Crippen LogP) is 8.06. The lowest BCUT2D eigenvalue weighted by atomic mass is 10.00. The van der Waals surface area contributed by atoms with Crippen LogP contribution >= 0.6 is 0 Å².